The van der Waals surface area contributed by atoms with Crippen molar-refractivity contribution in [1.29, 1.82) is 0 Å². The minimum absolute atomic E-state index is 0.0856. The van der Waals surface area contributed by atoms with Crippen LogP contribution in [-0.2, 0) is 13.6 Å². The van der Waals surface area contributed by atoms with E-state index in [0.717, 1.165) is 13.1 Å². The second-order valence-electron chi connectivity index (χ2n) is 5.32. The number of aliphatic hydroxyl groups is 1. The Bertz CT molecular complexity index is 652. The Morgan fingerprint density at radius 2 is 2.21 bits per heavy atom. The van der Waals surface area contributed by atoms with Crippen molar-refractivity contribution >= 4 is 11.0 Å². The van der Waals surface area contributed by atoms with Crippen LogP contribution in [0.5, 0.6) is 0 Å². The first-order chi connectivity index (χ1) is 9.09. The summed E-state index contributed by atoms with van der Waals surface area (Å²) in [4.78, 5) is 16.6. The van der Waals surface area contributed by atoms with E-state index in [9.17, 15) is 9.90 Å². The Kier molecular flexibility index (Phi) is 2.91. The molecule has 0 aromatic carbocycles. The Morgan fingerprint density at radius 3 is 2.95 bits per heavy atom. The van der Waals surface area contributed by atoms with Gasteiger partial charge in [0.25, 0.3) is 5.56 Å². The van der Waals surface area contributed by atoms with Gasteiger partial charge < -0.3 is 15.0 Å². The molecule has 0 radical (unpaired) electrons. The van der Waals surface area contributed by atoms with E-state index >= 15 is 0 Å². The van der Waals surface area contributed by atoms with Crippen LogP contribution in [0.4, 0.5) is 0 Å². The quantitative estimate of drug-likeness (QED) is 0.789. The summed E-state index contributed by atoms with van der Waals surface area (Å²) in [5.74, 6) is 0. The van der Waals surface area contributed by atoms with E-state index < -0.39 is 5.60 Å². The summed E-state index contributed by atoms with van der Waals surface area (Å²) >= 11 is 0. The van der Waals surface area contributed by atoms with Gasteiger partial charge in [0.05, 0.1) is 17.5 Å². The highest BCUT2D eigenvalue weighted by Gasteiger charge is 2.30. The molecule has 0 amide bonds. The lowest BCUT2D eigenvalue weighted by Crippen LogP contribution is -2.46. The predicted molar refractivity (Wildman–Crippen MR) is 72.0 cm³/mol. The Hall–Kier alpha value is -1.66. The van der Waals surface area contributed by atoms with Gasteiger partial charge in [0, 0.05) is 13.2 Å². The van der Waals surface area contributed by atoms with E-state index in [1.807, 2.05) is 17.8 Å². The fraction of sp³-hybridized carbons (Fsp3) is 0.538. The van der Waals surface area contributed by atoms with Crippen molar-refractivity contribution in [3.05, 3.63) is 28.9 Å². The van der Waals surface area contributed by atoms with Gasteiger partial charge in [-0.15, -0.1) is 0 Å². The fourth-order valence-corrected chi connectivity index (χ4v) is 2.66. The zero-order valence-electron chi connectivity index (χ0n) is 11.0. The highest BCUT2D eigenvalue weighted by Crippen LogP contribution is 2.19. The molecule has 19 heavy (non-hydrogen) atoms. The highest BCUT2D eigenvalue weighted by atomic mass is 16.3. The lowest BCUT2D eigenvalue weighted by atomic mass is 9.92. The van der Waals surface area contributed by atoms with Gasteiger partial charge in [0.1, 0.15) is 12.0 Å². The number of rotatable bonds is 2. The zero-order chi connectivity index (χ0) is 13.5. The number of nitrogens with one attached hydrogen (secondary N) is 1. The molecular weight excluding hydrogens is 244 g/mol. The summed E-state index contributed by atoms with van der Waals surface area (Å²) in [5, 5.41) is 14.3. The lowest BCUT2D eigenvalue weighted by molar-refractivity contribution is -0.00627. The fourth-order valence-electron chi connectivity index (χ4n) is 2.66. The standard InChI is InChI=1S/C13H18N4O2/c1-16-7-2-10-11(16)15-9-17(12(10)18)8-13(19)3-5-14-6-4-13/h2,7,9,14,19H,3-6,8H2,1H3. The van der Waals surface area contributed by atoms with Gasteiger partial charge in [0.15, 0.2) is 0 Å². The molecule has 6 heteroatoms. The van der Waals surface area contributed by atoms with Crippen LogP contribution in [0.25, 0.3) is 11.0 Å². The number of fused-ring (bicyclic) bond motifs is 1. The first-order valence-electron chi connectivity index (χ1n) is 6.53. The highest BCUT2D eigenvalue weighted by molar-refractivity contribution is 5.74. The molecule has 2 aromatic rings. The normalized spacial score (nSPS) is 18.8. The molecule has 3 heterocycles. The molecule has 1 saturated heterocycles. The number of hydrogen-bond donors (Lipinski definition) is 2. The van der Waals surface area contributed by atoms with Gasteiger partial charge in [-0.1, -0.05) is 0 Å². The molecule has 0 spiro atoms. The third-order valence-corrected chi connectivity index (χ3v) is 3.85. The van der Waals surface area contributed by atoms with Gasteiger partial charge in [0.2, 0.25) is 0 Å². The molecule has 3 rings (SSSR count). The number of aromatic nitrogens is 3. The van der Waals surface area contributed by atoms with Crippen LogP contribution in [0.2, 0.25) is 0 Å². The molecule has 0 unspecified atom stereocenters. The predicted octanol–water partition coefficient (Wildman–Crippen LogP) is -0.151. The number of aryl methyl sites for hydroxylation is 1. The number of piperidine rings is 1. The SMILES string of the molecule is Cn1ccc2c(=O)n(CC3(O)CCNCC3)cnc21. The maximum atomic E-state index is 12.3. The molecule has 6 nitrogen and oxygen atoms in total. The van der Waals surface area contributed by atoms with Crippen LogP contribution < -0.4 is 10.9 Å². The lowest BCUT2D eigenvalue weighted by Gasteiger charge is -2.32. The number of nitrogens with zero attached hydrogens (tertiary/aromatic N) is 3. The van der Waals surface area contributed by atoms with E-state index in [1.54, 1.807) is 6.07 Å². The van der Waals surface area contributed by atoms with Crippen molar-refractivity contribution in [2.45, 2.75) is 25.0 Å². The van der Waals surface area contributed by atoms with Crippen molar-refractivity contribution in [3.63, 3.8) is 0 Å². The molecule has 0 saturated carbocycles. The maximum Gasteiger partial charge on any atom is 0.262 e. The molecule has 0 atom stereocenters. The average Bonchev–Trinajstić information content (AvgIpc) is 2.76. The molecule has 1 aliphatic rings. The summed E-state index contributed by atoms with van der Waals surface area (Å²) < 4.78 is 3.34. The van der Waals surface area contributed by atoms with Crippen molar-refractivity contribution in [2.75, 3.05) is 13.1 Å². The smallest absolute Gasteiger partial charge is 0.262 e. The van der Waals surface area contributed by atoms with E-state index in [1.165, 1.54) is 10.9 Å². The molecule has 102 valence electrons. The van der Waals surface area contributed by atoms with E-state index in [2.05, 4.69) is 10.3 Å². The van der Waals surface area contributed by atoms with Gasteiger partial charge in [-0.05, 0) is 32.0 Å². The van der Waals surface area contributed by atoms with Gasteiger partial charge in [-0.3, -0.25) is 9.36 Å². The maximum absolute atomic E-state index is 12.3. The first kappa shape index (κ1) is 12.4. The second kappa shape index (κ2) is 4.47. The van der Waals surface area contributed by atoms with Gasteiger partial charge >= 0.3 is 0 Å². The van der Waals surface area contributed by atoms with Crippen molar-refractivity contribution in [1.82, 2.24) is 19.4 Å². The van der Waals surface area contributed by atoms with Crippen LogP contribution in [0, 0.1) is 0 Å². The van der Waals surface area contributed by atoms with Crippen LogP contribution in [-0.4, -0.2) is 37.9 Å². The monoisotopic (exact) mass is 262 g/mol. The van der Waals surface area contributed by atoms with E-state index in [-0.39, 0.29) is 5.56 Å². The van der Waals surface area contributed by atoms with Crippen LogP contribution in [0.3, 0.4) is 0 Å². The van der Waals surface area contributed by atoms with Crippen molar-refractivity contribution in [3.8, 4) is 0 Å². The largest absolute Gasteiger partial charge is 0.388 e. The Morgan fingerprint density at radius 1 is 1.47 bits per heavy atom. The minimum atomic E-state index is -0.806. The Labute approximate surface area is 110 Å². The summed E-state index contributed by atoms with van der Waals surface area (Å²) in [6.45, 7) is 1.88. The molecule has 2 aromatic heterocycles. The summed E-state index contributed by atoms with van der Waals surface area (Å²) in [6.07, 6.45) is 4.67. The molecule has 1 fully saturated rings. The molecule has 0 aliphatic carbocycles. The van der Waals surface area contributed by atoms with Crippen LogP contribution in [0.15, 0.2) is 23.4 Å². The topological polar surface area (TPSA) is 72.1 Å². The summed E-state index contributed by atoms with van der Waals surface area (Å²) in [6, 6.07) is 1.77. The van der Waals surface area contributed by atoms with Crippen molar-refractivity contribution in [2.24, 2.45) is 7.05 Å². The van der Waals surface area contributed by atoms with E-state index in [0.29, 0.717) is 30.4 Å². The average molecular weight is 262 g/mol. The first-order valence-corrected chi connectivity index (χ1v) is 6.53. The molecule has 2 N–H and O–H groups in total. The number of hydrogen-bond acceptors (Lipinski definition) is 4. The van der Waals surface area contributed by atoms with Crippen LogP contribution >= 0.6 is 0 Å². The molecule has 0 bridgehead atoms. The van der Waals surface area contributed by atoms with E-state index in [4.69, 9.17) is 0 Å². The Balaban J connectivity index is 1.97. The second-order valence-corrected chi connectivity index (χ2v) is 5.32. The van der Waals surface area contributed by atoms with Crippen molar-refractivity contribution < 1.29 is 5.11 Å². The zero-order valence-corrected chi connectivity index (χ0v) is 11.0. The van der Waals surface area contributed by atoms with Gasteiger partial charge in [-0.2, -0.15) is 0 Å². The van der Waals surface area contributed by atoms with Crippen LogP contribution in [0.1, 0.15) is 12.8 Å². The summed E-state index contributed by atoms with van der Waals surface area (Å²) in [7, 11) is 1.86. The molecule has 1 aliphatic heterocycles. The van der Waals surface area contributed by atoms with Gasteiger partial charge in [-0.25, -0.2) is 4.98 Å². The summed E-state index contributed by atoms with van der Waals surface area (Å²) in [5.41, 5.74) is -0.213. The third kappa shape index (κ3) is 2.17. The minimum Gasteiger partial charge on any atom is -0.388 e. The third-order valence-electron chi connectivity index (χ3n) is 3.85. The molecular formula is C13H18N4O2.